The molecule has 1 heterocycles. The van der Waals surface area contributed by atoms with Crippen LogP contribution in [0.4, 0.5) is 0 Å². The van der Waals surface area contributed by atoms with Crippen molar-refractivity contribution in [3.63, 3.8) is 0 Å². The molecule has 0 amide bonds. The van der Waals surface area contributed by atoms with Crippen LogP contribution in [0.25, 0.3) is 0 Å². The lowest BCUT2D eigenvalue weighted by Gasteiger charge is -2.42. The molecule has 19 heavy (non-hydrogen) atoms. The van der Waals surface area contributed by atoms with Crippen molar-refractivity contribution in [3.8, 4) is 0 Å². The largest absolute Gasteiger partial charge is 0.326 e. The normalized spacial score (nSPS) is 28.1. The van der Waals surface area contributed by atoms with E-state index in [1.54, 1.807) is 0 Å². The molecule has 4 atom stereocenters. The molecule has 106 valence electrons. The molecule has 4 unspecified atom stereocenters. The first-order chi connectivity index (χ1) is 8.97. The zero-order valence-corrected chi connectivity index (χ0v) is 12.9. The highest BCUT2D eigenvalue weighted by atomic mass is 35.5. The monoisotopic (exact) mass is 280 g/mol. The molecule has 0 spiro atoms. The predicted molar refractivity (Wildman–Crippen MR) is 82.4 cm³/mol. The van der Waals surface area contributed by atoms with Crippen LogP contribution in [0.15, 0.2) is 24.3 Å². The van der Waals surface area contributed by atoms with E-state index in [0.29, 0.717) is 0 Å². The van der Waals surface area contributed by atoms with Crippen molar-refractivity contribution in [2.24, 2.45) is 17.6 Å². The summed E-state index contributed by atoms with van der Waals surface area (Å²) in [5.41, 5.74) is 7.50. The molecule has 0 aliphatic carbocycles. The summed E-state index contributed by atoms with van der Waals surface area (Å²) in [7, 11) is 0. The zero-order valence-electron chi connectivity index (χ0n) is 12.1. The van der Waals surface area contributed by atoms with Crippen molar-refractivity contribution >= 4 is 11.6 Å². The second-order valence-electron chi connectivity index (χ2n) is 6.26. The van der Waals surface area contributed by atoms with E-state index in [1.165, 1.54) is 12.0 Å². The van der Waals surface area contributed by atoms with E-state index in [2.05, 4.69) is 37.8 Å². The molecule has 2 N–H and O–H groups in total. The number of piperidine rings is 1. The van der Waals surface area contributed by atoms with Gasteiger partial charge in [-0.3, -0.25) is 4.90 Å². The van der Waals surface area contributed by atoms with Crippen molar-refractivity contribution < 1.29 is 0 Å². The average Bonchev–Trinajstić information content (AvgIpc) is 2.27. The van der Waals surface area contributed by atoms with E-state index >= 15 is 0 Å². The van der Waals surface area contributed by atoms with Gasteiger partial charge in [-0.2, -0.15) is 0 Å². The van der Waals surface area contributed by atoms with Crippen LogP contribution >= 0.6 is 11.6 Å². The summed E-state index contributed by atoms with van der Waals surface area (Å²) in [5.74, 6) is 1.48. The van der Waals surface area contributed by atoms with Gasteiger partial charge < -0.3 is 5.73 Å². The van der Waals surface area contributed by atoms with Crippen molar-refractivity contribution in [2.45, 2.75) is 39.3 Å². The minimum atomic E-state index is 0.107. The third kappa shape index (κ3) is 3.71. The average molecular weight is 281 g/mol. The lowest BCUT2D eigenvalue weighted by Crippen LogP contribution is -2.46. The maximum absolute atomic E-state index is 6.26. The summed E-state index contributed by atoms with van der Waals surface area (Å²) >= 11 is 6.13. The Morgan fingerprint density at radius 2 is 1.89 bits per heavy atom. The third-order valence-electron chi connectivity index (χ3n) is 3.98. The number of hydrogen-bond acceptors (Lipinski definition) is 2. The Hall–Kier alpha value is -0.570. The van der Waals surface area contributed by atoms with Crippen LogP contribution in [0.3, 0.4) is 0 Å². The first kappa shape index (κ1) is 14.8. The van der Waals surface area contributed by atoms with E-state index in [9.17, 15) is 0 Å². The number of likely N-dealkylation sites (tertiary alicyclic amines) is 1. The van der Waals surface area contributed by atoms with Gasteiger partial charge in [0, 0.05) is 30.2 Å². The number of hydrogen-bond donors (Lipinski definition) is 1. The molecule has 0 aromatic heterocycles. The summed E-state index contributed by atoms with van der Waals surface area (Å²) in [5, 5.41) is 0.793. The number of benzene rings is 1. The van der Waals surface area contributed by atoms with Crippen LogP contribution in [-0.2, 0) is 0 Å². The van der Waals surface area contributed by atoms with Gasteiger partial charge in [0.05, 0.1) is 0 Å². The lowest BCUT2D eigenvalue weighted by atomic mass is 9.88. The van der Waals surface area contributed by atoms with Crippen LogP contribution < -0.4 is 5.73 Å². The summed E-state index contributed by atoms with van der Waals surface area (Å²) in [6, 6.07) is 8.51. The first-order valence-corrected chi connectivity index (χ1v) is 7.60. The molecular formula is C16H25ClN2. The summed E-state index contributed by atoms with van der Waals surface area (Å²) in [6.45, 7) is 9.01. The van der Waals surface area contributed by atoms with Gasteiger partial charge in [0.1, 0.15) is 0 Å². The molecule has 1 aromatic rings. The minimum Gasteiger partial charge on any atom is -0.326 e. The van der Waals surface area contributed by atoms with E-state index in [4.69, 9.17) is 17.3 Å². The molecule has 3 heteroatoms. The Labute approximate surface area is 121 Å². The molecule has 1 aromatic carbocycles. The zero-order chi connectivity index (χ0) is 14.0. The van der Waals surface area contributed by atoms with Gasteiger partial charge >= 0.3 is 0 Å². The van der Waals surface area contributed by atoms with Crippen LogP contribution in [0.5, 0.6) is 0 Å². The maximum atomic E-state index is 6.26. The molecule has 1 saturated heterocycles. The van der Waals surface area contributed by atoms with Gasteiger partial charge in [0.2, 0.25) is 0 Å². The van der Waals surface area contributed by atoms with Gasteiger partial charge in [-0.1, -0.05) is 37.6 Å². The number of halogens is 1. The summed E-state index contributed by atoms with van der Waals surface area (Å²) < 4.78 is 0. The smallest absolute Gasteiger partial charge is 0.0497 e. The molecule has 1 fully saturated rings. The van der Waals surface area contributed by atoms with Gasteiger partial charge in [-0.15, -0.1) is 0 Å². The standard InChI is InChI=1S/C16H25ClN2/c1-11-7-12(2)10-19(9-11)16(13(3)18)14-5-4-6-15(17)8-14/h4-6,8,11-13,16H,7,9-10,18H2,1-3H3. The molecule has 1 aliphatic rings. The fourth-order valence-corrected chi connectivity index (χ4v) is 3.67. The van der Waals surface area contributed by atoms with Gasteiger partial charge in [0.25, 0.3) is 0 Å². The highest BCUT2D eigenvalue weighted by Crippen LogP contribution is 2.31. The van der Waals surface area contributed by atoms with Gasteiger partial charge in [-0.25, -0.2) is 0 Å². The Balaban J connectivity index is 2.25. The van der Waals surface area contributed by atoms with Crippen molar-refractivity contribution in [3.05, 3.63) is 34.9 Å². The molecule has 2 rings (SSSR count). The van der Waals surface area contributed by atoms with Crippen LogP contribution in [0, 0.1) is 11.8 Å². The molecular weight excluding hydrogens is 256 g/mol. The second-order valence-corrected chi connectivity index (χ2v) is 6.70. The van der Waals surface area contributed by atoms with E-state index in [1.807, 2.05) is 12.1 Å². The lowest BCUT2D eigenvalue weighted by molar-refractivity contribution is 0.0847. The highest BCUT2D eigenvalue weighted by Gasteiger charge is 2.30. The highest BCUT2D eigenvalue weighted by molar-refractivity contribution is 6.30. The molecule has 1 aliphatic heterocycles. The van der Waals surface area contributed by atoms with Crippen molar-refractivity contribution in [2.75, 3.05) is 13.1 Å². The molecule has 0 bridgehead atoms. The molecule has 0 radical (unpaired) electrons. The summed E-state index contributed by atoms with van der Waals surface area (Å²) in [4.78, 5) is 2.54. The van der Waals surface area contributed by atoms with Gasteiger partial charge in [-0.05, 0) is 42.9 Å². The van der Waals surface area contributed by atoms with Gasteiger partial charge in [0.15, 0.2) is 0 Å². The van der Waals surface area contributed by atoms with E-state index in [0.717, 1.165) is 29.9 Å². The Morgan fingerprint density at radius 1 is 1.26 bits per heavy atom. The SMILES string of the molecule is CC1CC(C)CN(C(c2cccc(Cl)c2)C(C)N)C1. The van der Waals surface area contributed by atoms with Crippen molar-refractivity contribution in [1.82, 2.24) is 4.90 Å². The Bertz CT molecular complexity index is 409. The first-order valence-electron chi connectivity index (χ1n) is 7.22. The van der Waals surface area contributed by atoms with Crippen LogP contribution in [0.1, 0.15) is 38.8 Å². The quantitative estimate of drug-likeness (QED) is 0.915. The van der Waals surface area contributed by atoms with E-state index in [-0.39, 0.29) is 12.1 Å². The summed E-state index contributed by atoms with van der Waals surface area (Å²) in [6.07, 6.45) is 1.32. The van der Waals surface area contributed by atoms with Crippen LogP contribution in [-0.4, -0.2) is 24.0 Å². The number of nitrogens with zero attached hydrogens (tertiary/aromatic N) is 1. The molecule has 0 saturated carbocycles. The fourth-order valence-electron chi connectivity index (χ4n) is 3.48. The number of nitrogens with two attached hydrogens (primary N) is 1. The fraction of sp³-hybridized carbons (Fsp3) is 0.625. The molecule has 2 nitrogen and oxygen atoms in total. The van der Waals surface area contributed by atoms with E-state index < -0.39 is 0 Å². The van der Waals surface area contributed by atoms with Crippen LogP contribution in [0.2, 0.25) is 5.02 Å². The van der Waals surface area contributed by atoms with Crippen molar-refractivity contribution in [1.29, 1.82) is 0 Å². The number of rotatable bonds is 3. The maximum Gasteiger partial charge on any atom is 0.0497 e. The second kappa shape index (κ2) is 6.25. The minimum absolute atomic E-state index is 0.107. The Kier molecular flexibility index (Phi) is 4.88. The topological polar surface area (TPSA) is 29.3 Å². The third-order valence-corrected chi connectivity index (χ3v) is 4.21. The predicted octanol–water partition coefficient (Wildman–Crippen LogP) is 3.71. The Morgan fingerprint density at radius 3 is 2.42 bits per heavy atom.